The summed E-state index contributed by atoms with van der Waals surface area (Å²) in [7, 11) is 0. The van der Waals surface area contributed by atoms with Crippen LogP contribution in [0.4, 0.5) is 35.5 Å². The van der Waals surface area contributed by atoms with Crippen LogP contribution >= 0.6 is 34.8 Å². The van der Waals surface area contributed by atoms with Gasteiger partial charge < -0.3 is 16.0 Å². The standard InChI is InChI=1S/C24H19Cl3F7N3O2/c1-10(36-22(39)37-13-3-4-13)35-21(38)14-5-2-11(6-16(14)24(32,33)34)19(28)9-15(23(29,30)31)12-7-17(25)20(27)18(26)8-12/h2,5-10,13,15H,3-4H2,1H3,(H,35,38)(H2,36,37,39)/b19-9-/t10-,15?/m0/s1. The molecule has 3 N–H and O–H groups in total. The minimum Gasteiger partial charge on any atom is -0.335 e. The molecule has 3 amide bonds. The molecule has 1 aliphatic rings. The Morgan fingerprint density at radius 1 is 0.974 bits per heavy atom. The second-order valence-corrected chi connectivity index (χ2v) is 9.87. The summed E-state index contributed by atoms with van der Waals surface area (Å²) in [6.07, 6.45) is -9.71. The number of amides is 3. The van der Waals surface area contributed by atoms with Gasteiger partial charge in [-0.1, -0.05) is 40.9 Å². The zero-order valence-electron chi connectivity index (χ0n) is 19.7. The van der Waals surface area contributed by atoms with E-state index in [9.17, 15) is 40.3 Å². The van der Waals surface area contributed by atoms with E-state index in [0.717, 1.165) is 31.0 Å². The molecule has 0 heterocycles. The van der Waals surface area contributed by atoms with Gasteiger partial charge in [0.25, 0.3) is 5.91 Å². The summed E-state index contributed by atoms with van der Waals surface area (Å²) >= 11 is 17.3. The third-order valence-electron chi connectivity index (χ3n) is 5.48. The number of nitrogens with one attached hydrogen (secondary N) is 3. The summed E-state index contributed by atoms with van der Waals surface area (Å²) in [4.78, 5) is 24.3. The third kappa shape index (κ3) is 8.15. The van der Waals surface area contributed by atoms with Gasteiger partial charge in [0.15, 0.2) is 0 Å². The Balaban J connectivity index is 1.91. The molecule has 1 unspecified atom stereocenters. The zero-order valence-corrected chi connectivity index (χ0v) is 22.0. The Morgan fingerprint density at radius 3 is 2.08 bits per heavy atom. The molecule has 212 valence electrons. The fourth-order valence-electron chi connectivity index (χ4n) is 3.46. The Bertz CT molecular complexity index is 1270. The van der Waals surface area contributed by atoms with E-state index in [0.29, 0.717) is 6.07 Å². The molecule has 3 rings (SSSR count). The number of benzene rings is 2. The highest BCUT2D eigenvalue weighted by Crippen LogP contribution is 2.42. The van der Waals surface area contributed by atoms with Crippen molar-refractivity contribution in [1.82, 2.24) is 16.0 Å². The van der Waals surface area contributed by atoms with Crippen LogP contribution in [0.5, 0.6) is 0 Å². The van der Waals surface area contributed by atoms with Crippen LogP contribution in [-0.4, -0.2) is 30.3 Å². The monoisotopic (exact) mass is 619 g/mol. The van der Waals surface area contributed by atoms with E-state index >= 15 is 0 Å². The molecule has 0 bridgehead atoms. The lowest BCUT2D eigenvalue weighted by Crippen LogP contribution is -2.50. The highest BCUT2D eigenvalue weighted by atomic mass is 35.5. The number of carbonyl (C=O) groups is 2. The van der Waals surface area contributed by atoms with E-state index in [1.807, 2.05) is 0 Å². The predicted octanol–water partition coefficient (Wildman–Crippen LogP) is 7.86. The minimum absolute atomic E-state index is 0.00848. The molecule has 15 heteroatoms. The van der Waals surface area contributed by atoms with Gasteiger partial charge in [-0.2, -0.15) is 26.3 Å². The molecule has 0 aromatic heterocycles. The second kappa shape index (κ2) is 11.8. The van der Waals surface area contributed by atoms with Crippen molar-refractivity contribution < 1.29 is 40.3 Å². The Hall–Kier alpha value is -2.70. The summed E-state index contributed by atoms with van der Waals surface area (Å²) in [5, 5.41) is 6.16. The number of halogens is 10. The summed E-state index contributed by atoms with van der Waals surface area (Å²) in [6, 6.07) is 2.55. The number of alkyl halides is 6. The van der Waals surface area contributed by atoms with Crippen LogP contribution in [0.15, 0.2) is 36.4 Å². The Morgan fingerprint density at radius 2 is 1.56 bits per heavy atom. The van der Waals surface area contributed by atoms with E-state index in [4.69, 9.17) is 34.8 Å². The van der Waals surface area contributed by atoms with Crippen molar-refractivity contribution in [3.05, 3.63) is 73.7 Å². The molecule has 2 aromatic carbocycles. The smallest absolute Gasteiger partial charge is 0.335 e. The average Bonchev–Trinajstić information content (AvgIpc) is 3.62. The molecule has 1 saturated carbocycles. The van der Waals surface area contributed by atoms with E-state index in [1.165, 1.54) is 6.92 Å². The number of carbonyl (C=O) groups excluding carboxylic acids is 2. The maximum Gasteiger partial charge on any atom is 0.417 e. The normalized spacial score (nSPS) is 15.9. The molecule has 5 nitrogen and oxygen atoms in total. The summed E-state index contributed by atoms with van der Waals surface area (Å²) in [5.41, 5.74) is -4.00. The SMILES string of the molecule is C[C@H](NC(=O)NC1CC1)NC(=O)c1ccc(/C(F)=C/C(c2cc(Cl)c(Cl)c(Cl)c2)C(F)(F)F)cc1C(F)(F)F. The first-order chi connectivity index (χ1) is 18.0. The number of urea groups is 1. The summed E-state index contributed by atoms with van der Waals surface area (Å²) in [5.74, 6) is -5.55. The summed E-state index contributed by atoms with van der Waals surface area (Å²) < 4.78 is 97.6. The second-order valence-electron chi connectivity index (χ2n) is 8.68. The first-order valence-electron chi connectivity index (χ1n) is 11.2. The van der Waals surface area contributed by atoms with Crippen molar-refractivity contribution in [3.8, 4) is 0 Å². The quantitative estimate of drug-likeness (QED) is 0.168. The number of hydrogen-bond donors (Lipinski definition) is 3. The van der Waals surface area contributed by atoms with Gasteiger partial charge in [-0.3, -0.25) is 4.79 Å². The van der Waals surface area contributed by atoms with Crippen molar-refractivity contribution in [3.63, 3.8) is 0 Å². The highest BCUT2D eigenvalue weighted by molar-refractivity contribution is 6.48. The molecule has 0 saturated heterocycles. The number of hydrogen-bond acceptors (Lipinski definition) is 2. The van der Waals surface area contributed by atoms with Crippen LogP contribution in [0.2, 0.25) is 15.1 Å². The van der Waals surface area contributed by atoms with Gasteiger partial charge in [0, 0.05) is 11.6 Å². The van der Waals surface area contributed by atoms with Crippen LogP contribution in [0, 0.1) is 0 Å². The summed E-state index contributed by atoms with van der Waals surface area (Å²) in [6.45, 7) is 1.31. The minimum atomic E-state index is -5.18. The van der Waals surface area contributed by atoms with Gasteiger partial charge in [-0.05, 0) is 55.7 Å². The largest absolute Gasteiger partial charge is 0.417 e. The van der Waals surface area contributed by atoms with Crippen molar-refractivity contribution in [1.29, 1.82) is 0 Å². The van der Waals surface area contributed by atoms with E-state index in [2.05, 4.69) is 16.0 Å². The van der Waals surface area contributed by atoms with Gasteiger partial charge >= 0.3 is 18.4 Å². The lowest BCUT2D eigenvalue weighted by atomic mass is 9.95. The van der Waals surface area contributed by atoms with Crippen LogP contribution < -0.4 is 16.0 Å². The first-order valence-corrected chi connectivity index (χ1v) is 12.3. The Labute approximate surface area is 232 Å². The number of allylic oxidation sites excluding steroid dienone is 1. The van der Waals surface area contributed by atoms with E-state index in [1.54, 1.807) is 0 Å². The number of rotatable bonds is 7. The van der Waals surface area contributed by atoms with Gasteiger partial charge in [0.2, 0.25) is 0 Å². The molecule has 1 fully saturated rings. The maximum absolute atomic E-state index is 15.0. The fourth-order valence-corrected chi connectivity index (χ4v) is 4.08. The van der Waals surface area contributed by atoms with Crippen molar-refractivity contribution in [2.24, 2.45) is 0 Å². The Kier molecular flexibility index (Phi) is 9.34. The van der Waals surface area contributed by atoms with E-state index in [-0.39, 0.29) is 33.3 Å². The topological polar surface area (TPSA) is 70.2 Å². The molecule has 0 aliphatic heterocycles. The predicted molar refractivity (Wildman–Crippen MR) is 132 cm³/mol. The molecular formula is C24H19Cl3F7N3O2. The molecule has 0 radical (unpaired) electrons. The molecule has 2 aromatic rings. The van der Waals surface area contributed by atoms with Crippen LogP contribution in [0.25, 0.3) is 5.83 Å². The molecule has 39 heavy (non-hydrogen) atoms. The average molecular weight is 621 g/mol. The van der Waals surface area contributed by atoms with Crippen LogP contribution in [0.1, 0.15) is 52.7 Å². The van der Waals surface area contributed by atoms with Gasteiger partial charge in [0.1, 0.15) is 17.9 Å². The van der Waals surface area contributed by atoms with Crippen molar-refractivity contribution >= 4 is 52.6 Å². The maximum atomic E-state index is 15.0. The fraction of sp³-hybridized carbons (Fsp3) is 0.333. The van der Waals surface area contributed by atoms with Gasteiger partial charge in [-0.15, -0.1) is 0 Å². The van der Waals surface area contributed by atoms with Crippen molar-refractivity contribution in [2.75, 3.05) is 0 Å². The molecule has 0 spiro atoms. The molecule has 1 aliphatic carbocycles. The lowest BCUT2D eigenvalue weighted by Gasteiger charge is -2.20. The van der Waals surface area contributed by atoms with Gasteiger partial charge in [-0.25, -0.2) is 9.18 Å². The van der Waals surface area contributed by atoms with E-state index < -0.39 is 64.5 Å². The van der Waals surface area contributed by atoms with Gasteiger partial charge in [0.05, 0.1) is 26.2 Å². The molecule has 2 atom stereocenters. The zero-order chi connectivity index (χ0) is 29.3. The van der Waals surface area contributed by atoms with Crippen LogP contribution in [0.3, 0.4) is 0 Å². The first kappa shape index (κ1) is 30.8. The molecular weight excluding hydrogens is 602 g/mol. The third-order valence-corrected chi connectivity index (χ3v) is 6.68. The van der Waals surface area contributed by atoms with Crippen LogP contribution in [-0.2, 0) is 6.18 Å². The lowest BCUT2D eigenvalue weighted by molar-refractivity contribution is -0.140. The highest BCUT2D eigenvalue weighted by Gasteiger charge is 2.41. The van der Waals surface area contributed by atoms with Crippen molar-refractivity contribution in [2.45, 2.75) is 50.2 Å².